The number of amides is 1. The lowest BCUT2D eigenvalue weighted by molar-refractivity contribution is 0.0910. The number of hydrogen-bond donors (Lipinski definition) is 3. The van der Waals surface area contributed by atoms with E-state index < -0.39 is 0 Å². The molecule has 1 unspecified atom stereocenters. The van der Waals surface area contributed by atoms with Crippen molar-refractivity contribution >= 4 is 11.7 Å². The zero-order valence-corrected chi connectivity index (χ0v) is 11.8. The molecule has 0 aliphatic heterocycles. The Morgan fingerprint density at radius 1 is 1.37 bits per heavy atom. The molecule has 104 valence electrons. The maximum absolute atomic E-state index is 12.1. The normalized spacial score (nSPS) is 14.0. The van der Waals surface area contributed by atoms with Crippen LogP contribution in [0.4, 0.5) is 0 Å². The highest BCUT2D eigenvalue weighted by Gasteiger charge is 2.22. The first-order valence-electron chi connectivity index (χ1n) is 6.14. The molecule has 19 heavy (non-hydrogen) atoms. The summed E-state index contributed by atoms with van der Waals surface area (Å²) >= 11 is 0. The molecule has 0 aliphatic carbocycles. The second-order valence-corrected chi connectivity index (χ2v) is 5.63. The van der Waals surface area contributed by atoms with Crippen LogP contribution in [0.15, 0.2) is 29.4 Å². The van der Waals surface area contributed by atoms with Crippen molar-refractivity contribution in [2.75, 3.05) is 0 Å². The van der Waals surface area contributed by atoms with Crippen molar-refractivity contribution in [3.05, 3.63) is 35.4 Å². The van der Waals surface area contributed by atoms with Crippen LogP contribution in [0, 0.1) is 5.41 Å². The highest BCUT2D eigenvalue weighted by molar-refractivity contribution is 6.01. The fourth-order valence-corrected chi connectivity index (χ4v) is 1.37. The summed E-state index contributed by atoms with van der Waals surface area (Å²) < 4.78 is 0. The summed E-state index contributed by atoms with van der Waals surface area (Å²) in [4.78, 5) is 12.1. The first-order valence-corrected chi connectivity index (χ1v) is 6.14. The lowest BCUT2D eigenvalue weighted by Gasteiger charge is -2.28. The summed E-state index contributed by atoms with van der Waals surface area (Å²) in [6, 6.07) is 6.70. The molecule has 0 aromatic heterocycles. The largest absolute Gasteiger partial charge is 0.409 e. The van der Waals surface area contributed by atoms with Gasteiger partial charge in [-0.2, -0.15) is 0 Å². The van der Waals surface area contributed by atoms with Gasteiger partial charge in [-0.15, -0.1) is 0 Å². The van der Waals surface area contributed by atoms with E-state index in [9.17, 15) is 4.79 Å². The van der Waals surface area contributed by atoms with E-state index in [1.807, 2.05) is 6.92 Å². The molecule has 0 heterocycles. The molecule has 0 aliphatic rings. The first-order chi connectivity index (χ1) is 8.75. The van der Waals surface area contributed by atoms with Crippen LogP contribution in [0.3, 0.4) is 0 Å². The molecule has 5 nitrogen and oxygen atoms in total. The zero-order valence-electron chi connectivity index (χ0n) is 11.8. The zero-order chi connectivity index (χ0) is 14.6. The number of amidine groups is 1. The van der Waals surface area contributed by atoms with Crippen molar-refractivity contribution in [3.8, 4) is 0 Å². The lowest BCUT2D eigenvalue weighted by atomic mass is 9.88. The number of nitrogens with one attached hydrogen (secondary N) is 1. The van der Waals surface area contributed by atoms with Gasteiger partial charge in [-0.3, -0.25) is 4.79 Å². The number of carbonyl (C=O) groups excluding carboxylic acids is 1. The van der Waals surface area contributed by atoms with Gasteiger partial charge in [-0.1, -0.05) is 38.1 Å². The summed E-state index contributed by atoms with van der Waals surface area (Å²) in [6.45, 7) is 8.14. The molecule has 0 saturated carbocycles. The van der Waals surface area contributed by atoms with Crippen LogP contribution in [-0.2, 0) is 0 Å². The SMILES string of the molecule is CC(NC(=O)c1cccc(/C(N)=N/O)c1)C(C)(C)C. The van der Waals surface area contributed by atoms with E-state index in [1.54, 1.807) is 24.3 Å². The minimum absolute atomic E-state index is 0.0150. The van der Waals surface area contributed by atoms with Gasteiger partial charge < -0.3 is 16.3 Å². The molecule has 0 bridgehead atoms. The van der Waals surface area contributed by atoms with Gasteiger partial charge in [-0.05, 0) is 24.5 Å². The molecule has 1 rings (SSSR count). The van der Waals surface area contributed by atoms with E-state index in [0.29, 0.717) is 11.1 Å². The third-order valence-electron chi connectivity index (χ3n) is 3.17. The fourth-order valence-electron chi connectivity index (χ4n) is 1.37. The summed E-state index contributed by atoms with van der Waals surface area (Å²) in [6.07, 6.45) is 0. The molecular formula is C14H21N3O2. The molecule has 1 aromatic carbocycles. The number of oxime groups is 1. The van der Waals surface area contributed by atoms with E-state index in [2.05, 4.69) is 31.2 Å². The summed E-state index contributed by atoms with van der Waals surface area (Å²) in [5, 5.41) is 14.5. The average Bonchev–Trinajstić information content (AvgIpc) is 2.36. The van der Waals surface area contributed by atoms with Crippen LogP contribution < -0.4 is 11.1 Å². The van der Waals surface area contributed by atoms with Crippen molar-refractivity contribution in [1.82, 2.24) is 5.32 Å². The van der Waals surface area contributed by atoms with Gasteiger partial charge in [0.15, 0.2) is 5.84 Å². The average molecular weight is 263 g/mol. The second-order valence-electron chi connectivity index (χ2n) is 5.63. The van der Waals surface area contributed by atoms with Gasteiger partial charge in [0.25, 0.3) is 5.91 Å². The van der Waals surface area contributed by atoms with Gasteiger partial charge in [0.1, 0.15) is 0 Å². The van der Waals surface area contributed by atoms with Gasteiger partial charge in [0.05, 0.1) is 0 Å². The van der Waals surface area contributed by atoms with Crippen LogP contribution >= 0.6 is 0 Å². The predicted octanol–water partition coefficient (Wildman–Crippen LogP) is 1.95. The first kappa shape index (κ1) is 15.0. The predicted molar refractivity (Wildman–Crippen MR) is 75.3 cm³/mol. The quantitative estimate of drug-likeness (QED) is 0.337. The molecule has 0 saturated heterocycles. The van der Waals surface area contributed by atoms with Gasteiger partial charge in [0.2, 0.25) is 0 Å². The van der Waals surface area contributed by atoms with Gasteiger partial charge in [0, 0.05) is 17.2 Å². The Morgan fingerprint density at radius 2 is 1.95 bits per heavy atom. The highest BCUT2D eigenvalue weighted by atomic mass is 16.4. The van der Waals surface area contributed by atoms with E-state index in [-0.39, 0.29) is 23.2 Å². The molecule has 4 N–H and O–H groups in total. The topological polar surface area (TPSA) is 87.7 Å². The molecule has 1 atom stereocenters. The van der Waals surface area contributed by atoms with Gasteiger partial charge >= 0.3 is 0 Å². The lowest BCUT2D eigenvalue weighted by Crippen LogP contribution is -2.41. The number of nitrogens with zero attached hydrogens (tertiary/aromatic N) is 1. The fraction of sp³-hybridized carbons (Fsp3) is 0.429. The second kappa shape index (κ2) is 5.73. The van der Waals surface area contributed by atoms with Crippen molar-refractivity contribution in [1.29, 1.82) is 0 Å². The van der Waals surface area contributed by atoms with Crippen molar-refractivity contribution in [2.24, 2.45) is 16.3 Å². The van der Waals surface area contributed by atoms with Crippen LogP contribution in [0.25, 0.3) is 0 Å². The Balaban J connectivity index is 2.89. The van der Waals surface area contributed by atoms with E-state index in [4.69, 9.17) is 10.9 Å². The van der Waals surface area contributed by atoms with Crippen molar-refractivity contribution < 1.29 is 10.0 Å². The molecule has 0 radical (unpaired) electrons. The number of rotatable bonds is 3. The Hall–Kier alpha value is -2.04. The maximum atomic E-state index is 12.1. The number of hydrogen-bond acceptors (Lipinski definition) is 3. The van der Waals surface area contributed by atoms with E-state index in [0.717, 1.165) is 0 Å². The maximum Gasteiger partial charge on any atom is 0.251 e. The van der Waals surface area contributed by atoms with Crippen molar-refractivity contribution in [2.45, 2.75) is 33.7 Å². The Labute approximate surface area is 113 Å². The molecule has 0 fully saturated rings. The summed E-state index contributed by atoms with van der Waals surface area (Å²) in [7, 11) is 0. The third-order valence-corrected chi connectivity index (χ3v) is 3.17. The molecular weight excluding hydrogens is 242 g/mol. The van der Waals surface area contributed by atoms with Crippen LogP contribution in [0.1, 0.15) is 43.6 Å². The summed E-state index contributed by atoms with van der Waals surface area (Å²) in [5.41, 5.74) is 6.49. The monoisotopic (exact) mass is 263 g/mol. The minimum Gasteiger partial charge on any atom is -0.409 e. The third kappa shape index (κ3) is 3.98. The Morgan fingerprint density at radius 3 is 2.47 bits per heavy atom. The Kier molecular flexibility index (Phi) is 4.53. The molecule has 1 aromatic rings. The van der Waals surface area contributed by atoms with Crippen molar-refractivity contribution in [3.63, 3.8) is 0 Å². The number of nitrogens with two attached hydrogens (primary N) is 1. The van der Waals surface area contributed by atoms with Gasteiger partial charge in [-0.25, -0.2) is 0 Å². The molecule has 0 spiro atoms. The standard InChI is InChI=1S/C14H21N3O2/c1-9(14(2,3)4)16-13(18)11-7-5-6-10(8-11)12(15)17-19/h5-9,19H,1-4H3,(H2,15,17)(H,16,18). The molecule has 1 amide bonds. The Bertz CT molecular complexity index is 490. The highest BCUT2D eigenvalue weighted by Crippen LogP contribution is 2.19. The minimum atomic E-state index is -0.171. The molecule has 5 heteroatoms. The van der Waals surface area contributed by atoms with Crippen LogP contribution in [0.5, 0.6) is 0 Å². The number of benzene rings is 1. The van der Waals surface area contributed by atoms with Crippen LogP contribution in [-0.4, -0.2) is 23.0 Å². The summed E-state index contributed by atoms with van der Waals surface area (Å²) in [5.74, 6) is -0.187. The van der Waals surface area contributed by atoms with E-state index in [1.165, 1.54) is 0 Å². The van der Waals surface area contributed by atoms with Crippen LogP contribution in [0.2, 0.25) is 0 Å². The smallest absolute Gasteiger partial charge is 0.251 e. The number of carbonyl (C=O) groups is 1. The van der Waals surface area contributed by atoms with E-state index >= 15 is 0 Å².